The summed E-state index contributed by atoms with van der Waals surface area (Å²) >= 11 is 0. The van der Waals surface area contributed by atoms with Gasteiger partial charge in [0.1, 0.15) is 0 Å². The normalized spacial score (nSPS) is 31.4. The molecule has 0 unspecified atom stereocenters. The van der Waals surface area contributed by atoms with Crippen LogP contribution in [0.25, 0.3) is 0 Å². The maximum Gasteiger partial charge on any atom is 0.226 e. The first-order chi connectivity index (χ1) is 7.81. The molecule has 0 saturated carbocycles. The minimum Gasteiger partial charge on any atom is -0.342 e. The summed E-state index contributed by atoms with van der Waals surface area (Å²) in [5, 5.41) is 3.26. The van der Waals surface area contributed by atoms with Crippen LogP contribution in [0, 0.1) is 11.8 Å². The number of nitrogens with one attached hydrogen (secondary N) is 1. The fourth-order valence-corrected chi connectivity index (χ4v) is 2.71. The van der Waals surface area contributed by atoms with Crippen LogP contribution in [0.1, 0.15) is 25.7 Å². The van der Waals surface area contributed by atoms with E-state index in [0.29, 0.717) is 6.54 Å². The van der Waals surface area contributed by atoms with Crippen LogP contribution in [0.4, 0.5) is 4.39 Å². The Morgan fingerprint density at radius 1 is 1.38 bits per heavy atom. The molecule has 2 heterocycles. The molecule has 2 rings (SSSR count). The number of amides is 1. The molecule has 0 spiro atoms. The number of likely N-dealkylation sites (tertiary alicyclic amines) is 1. The molecule has 16 heavy (non-hydrogen) atoms. The van der Waals surface area contributed by atoms with Crippen molar-refractivity contribution in [3.8, 4) is 0 Å². The second-order valence-corrected chi connectivity index (χ2v) is 4.99. The summed E-state index contributed by atoms with van der Waals surface area (Å²) in [6.45, 7) is 3.00. The number of hydrogen-bond acceptors (Lipinski definition) is 2. The van der Waals surface area contributed by atoms with Gasteiger partial charge in [-0.15, -0.1) is 0 Å². The number of carbonyl (C=O) groups excluding carboxylic acids is 1. The molecule has 0 aromatic carbocycles. The molecule has 1 amide bonds. The third-order valence-corrected chi connectivity index (χ3v) is 3.69. The van der Waals surface area contributed by atoms with Gasteiger partial charge in [0.2, 0.25) is 5.91 Å². The van der Waals surface area contributed by atoms with E-state index in [1.54, 1.807) is 0 Å². The van der Waals surface area contributed by atoms with Crippen molar-refractivity contribution in [1.82, 2.24) is 10.2 Å². The van der Waals surface area contributed by atoms with Gasteiger partial charge in [0.15, 0.2) is 0 Å². The molecule has 92 valence electrons. The zero-order chi connectivity index (χ0) is 11.4. The average molecular weight is 228 g/mol. The van der Waals surface area contributed by atoms with Gasteiger partial charge in [-0.1, -0.05) is 0 Å². The van der Waals surface area contributed by atoms with Gasteiger partial charge in [-0.3, -0.25) is 9.18 Å². The number of carbonyl (C=O) groups is 1. The molecule has 2 saturated heterocycles. The highest BCUT2D eigenvalue weighted by atomic mass is 19.1. The van der Waals surface area contributed by atoms with Gasteiger partial charge >= 0.3 is 0 Å². The largest absolute Gasteiger partial charge is 0.342 e. The molecule has 2 aliphatic rings. The SMILES string of the molecule is O=C([C@@H]1CCCNC1)N1CCC[C@@H](CF)C1. The fraction of sp³-hybridized carbons (Fsp3) is 0.917. The highest BCUT2D eigenvalue weighted by Crippen LogP contribution is 2.21. The molecule has 0 aliphatic carbocycles. The Balaban J connectivity index is 1.87. The van der Waals surface area contributed by atoms with Crippen molar-refractivity contribution in [3.63, 3.8) is 0 Å². The van der Waals surface area contributed by atoms with E-state index in [4.69, 9.17) is 0 Å². The van der Waals surface area contributed by atoms with Crippen molar-refractivity contribution in [1.29, 1.82) is 0 Å². The van der Waals surface area contributed by atoms with Crippen LogP contribution in [0.15, 0.2) is 0 Å². The molecule has 0 bridgehead atoms. The quantitative estimate of drug-likeness (QED) is 0.770. The number of nitrogens with zero attached hydrogens (tertiary/aromatic N) is 1. The van der Waals surface area contributed by atoms with E-state index in [1.807, 2.05) is 4.90 Å². The molecule has 0 aromatic rings. The van der Waals surface area contributed by atoms with Crippen molar-refractivity contribution >= 4 is 5.91 Å². The summed E-state index contributed by atoms with van der Waals surface area (Å²) in [7, 11) is 0. The Morgan fingerprint density at radius 2 is 2.25 bits per heavy atom. The molecule has 1 N–H and O–H groups in total. The van der Waals surface area contributed by atoms with Gasteiger partial charge in [-0.25, -0.2) is 0 Å². The highest BCUT2D eigenvalue weighted by Gasteiger charge is 2.29. The van der Waals surface area contributed by atoms with Gasteiger partial charge in [0, 0.05) is 25.6 Å². The number of halogens is 1. The van der Waals surface area contributed by atoms with Gasteiger partial charge in [0.05, 0.1) is 12.6 Å². The molecular formula is C12H21FN2O. The van der Waals surface area contributed by atoms with E-state index in [-0.39, 0.29) is 24.4 Å². The zero-order valence-electron chi connectivity index (χ0n) is 9.75. The Kier molecular flexibility index (Phi) is 4.16. The van der Waals surface area contributed by atoms with E-state index in [1.165, 1.54) is 0 Å². The van der Waals surface area contributed by atoms with Crippen molar-refractivity contribution < 1.29 is 9.18 Å². The lowest BCUT2D eigenvalue weighted by atomic mass is 9.94. The summed E-state index contributed by atoms with van der Waals surface area (Å²) in [5.74, 6) is 0.451. The Hall–Kier alpha value is -0.640. The van der Waals surface area contributed by atoms with Crippen LogP contribution in [0.5, 0.6) is 0 Å². The van der Waals surface area contributed by atoms with Crippen LogP contribution < -0.4 is 5.32 Å². The minimum atomic E-state index is -0.285. The van der Waals surface area contributed by atoms with E-state index in [2.05, 4.69) is 5.32 Å². The molecular weight excluding hydrogens is 207 g/mol. The summed E-state index contributed by atoms with van der Waals surface area (Å²) in [6.07, 6.45) is 3.96. The maximum atomic E-state index is 12.6. The monoisotopic (exact) mass is 228 g/mol. The van der Waals surface area contributed by atoms with E-state index in [0.717, 1.165) is 45.3 Å². The Morgan fingerprint density at radius 3 is 2.94 bits per heavy atom. The van der Waals surface area contributed by atoms with E-state index >= 15 is 0 Å². The maximum absolute atomic E-state index is 12.6. The first-order valence-corrected chi connectivity index (χ1v) is 6.36. The lowest BCUT2D eigenvalue weighted by Crippen LogP contribution is -2.47. The summed E-state index contributed by atoms with van der Waals surface area (Å²) in [4.78, 5) is 14.1. The first-order valence-electron chi connectivity index (χ1n) is 6.36. The number of piperidine rings is 2. The lowest BCUT2D eigenvalue weighted by Gasteiger charge is -2.35. The van der Waals surface area contributed by atoms with Gasteiger partial charge in [-0.2, -0.15) is 0 Å². The lowest BCUT2D eigenvalue weighted by molar-refractivity contribution is -0.138. The Labute approximate surface area is 96.4 Å². The van der Waals surface area contributed by atoms with Crippen LogP contribution in [0.2, 0.25) is 0 Å². The summed E-state index contributed by atoms with van der Waals surface area (Å²) in [5.41, 5.74) is 0. The average Bonchev–Trinajstić information content (AvgIpc) is 2.39. The molecule has 0 radical (unpaired) electrons. The van der Waals surface area contributed by atoms with Crippen molar-refractivity contribution in [2.45, 2.75) is 25.7 Å². The van der Waals surface area contributed by atoms with Crippen LogP contribution in [0.3, 0.4) is 0 Å². The minimum absolute atomic E-state index is 0.0780. The third-order valence-electron chi connectivity index (χ3n) is 3.69. The fourth-order valence-electron chi connectivity index (χ4n) is 2.71. The molecule has 2 atom stereocenters. The highest BCUT2D eigenvalue weighted by molar-refractivity contribution is 5.79. The van der Waals surface area contributed by atoms with Crippen molar-refractivity contribution in [3.05, 3.63) is 0 Å². The molecule has 4 heteroatoms. The number of hydrogen-bond donors (Lipinski definition) is 1. The zero-order valence-corrected chi connectivity index (χ0v) is 9.75. The Bertz CT molecular complexity index is 241. The predicted molar refractivity (Wildman–Crippen MR) is 60.9 cm³/mol. The topological polar surface area (TPSA) is 32.3 Å². The molecule has 2 aliphatic heterocycles. The van der Waals surface area contributed by atoms with Gasteiger partial charge in [0.25, 0.3) is 0 Å². The second kappa shape index (κ2) is 5.62. The van der Waals surface area contributed by atoms with Crippen LogP contribution in [-0.2, 0) is 4.79 Å². The summed E-state index contributed by atoms with van der Waals surface area (Å²) in [6, 6.07) is 0. The smallest absolute Gasteiger partial charge is 0.226 e. The number of rotatable bonds is 2. The molecule has 0 aromatic heterocycles. The predicted octanol–water partition coefficient (Wildman–Crippen LogP) is 1.19. The molecule has 2 fully saturated rings. The van der Waals surface area contributed by atoms with Crippen LogP contribution in [-0.4, -0.2) is 43.7 Å². The summed E-state index contributed by atoms with van der Waals surface area (Å²) < 4.78 is 12.6. The standard InChI is InChI=1S/C12H21FN2O/c13-7-10-3-2-6-15(9-10)12(16)11-4-1-5-14-8-11/h10-11,14H,1-9H2/t10-,11+/m0/s1. The number of alkyl halides is 1. The third kappa shape index (κ3) is 2.73. The van der Waals surface area contributed by atoms with Crippen molar-refractivity contribution in [2.24, 2.45) is 11.8 Å². The molecule has 3 nitrogen and oxygen atoms in total. The first kappa shape index (κ1) is 11.8. The van der Waals surface area contributed by atoms with Crippen molar-refractivity contribution in [2.75, 3.05) is 32.9 Å². The van der Waals surface area contributed by atoms with E-state index in [9.17, 15) is 9.18 Å². The second-order valence-electron chi connectivity index (χ2n) is 4.99. The van der Waals surface area contributed by atoms with Gasteiger partial charge in [-0.05, 0) is 32.2 Å². The van der Waals surface area contributed by atoms with Gasteiger partial charge < -0.3 is 10.2 Å². The van der Waals surface area contributed by atoms with Crippen LogP contribution >= 0.6 is 0 Å². The van der Waals surface area contributed by atoms with E-state index < -0.39 is 0 Å².